The molecular formula is C17H20N2O3. The van der Waals surface area contributed by atoms with E-state index in [2.05, 4.69) is 10.3 Å². The van der Waals surface area contributed by atoms with Gasteiger partial charge in [-0.15, -0.1) is 4.99 Å². The molecule has 0 radical (unpaired) electrons. The molecule has 0 aliphatic heterocycles. The van der Waals surface area contributed by atoms with Gasteiger partial charge in [-0.3, -0.25) is 4.79 Å². The molecule has 2 rings (SSSR count). The first-order valence-corrected chi connectivity index (χ1v) is 7.05. The van der Waals surface area contributed by atoms with Crippen molar-refractivity contribution in [1.82, 2.24) is 5.32 Å². The van der Waals surface area contributed by atoms with Gasteiger partial charge in [-0.1, -0.05) is 42.5 Å². The standard InChI is InChI=1S/C17H20N2O3/c1-12-7-6-10-15(13(12)2)17(20)19-16(21-22-18)11-14-8-4-3-5-9-14/h3-10,16H,11,18H2,1-2H3,(H,19,20). The van der Waals surface area contributed by atoms with Crippen LogP contribution in [0.2, 0.25) is 0 Å². The van der Waals surface area contributed by atoms with E-state index in [-0.39, 0.29) is 5.91 Å². The fourth-order valence-electron chi connectivity index (χ4n) is 2.23. The minimum Gasteiger partial charge on any atom is -0.324 e. The largest absolute Gasteiger partial charge is 0.324 e. The van der Waals surface area contributed by atoms with E-state index in [4.69, 9.17) is 10.8 Å². The van der Waals surface area contributed by atoms with E-state index in [0.717, 1.165) is 16.7 Å². The smallest absolute Gasteiger partial charge is 0.253 e. The molecule has 3 N–H and O–H groups in total. The first-order chi connectivity index (χ1) is 10.6. The number of nitrogens with one attached hydrogen (secondary N) is 1. The minimum absolute atomic E-state index is 0.223. The summed E-state index contributed by atoms with van der Waals surface area (Å²) < 4.78 is 0. The maximum Gasteiger partial charge on any atom is 0.253 e. The number of amides is 1. The molecule has 2 aromatic carbocycles. The van der Waals surface area contributed by atoms with Gasteiger partial charge in [-0.25, -0.2) is 0 Å². The zero-order valence-corrected chi connectivity index (χ0v) is 12.7. The number of rotatable bonds is 6. The van der Waals surface area contributed by atoms with Crippen LogP contribution in [0.15, 0.2) is 48.5 Å². The number of hydrogen-bond acceptors (Lipinski definition) is 4. The molecule has 0 aromatic heterocycles. The molecule has 0 heterocycles. The van der Waals surface area contributed by atoms with Crippen LogP contribution < -0.4 is 11.2 Å². The zero-order valence-electron chi connectivity index (χ0n) is 12.7. The van der Waals surface area contributed by atoms with Crippen molar-refractivity contribution >= 4 is 5.91 Å². The SMILES string of the molecule is Cc1cccc(C(=O)NC(Cc2ccccc2)OON)c1C. The molecule has 5 nitrogen and oxygen atoms in total. The van der Waals surface area contributed by atoms with Crippen LogP contribution >= 0.6 is 0 Å². The van der Waals surface area contributed by atoms with E-state index in [0.29, 0.717) is 12.0 Å². The minimum atomic E-state index is -0.667. The van der Waals surface area contributed by atoms with Gasteiger partial charge in [0.05, 0.1) is 0 Å². The highest BCUT2D eigenvalue weighted by molar-refractivity contribution is 5.96. The van der Waals surface area contributed by atoms with Crippen LogP contribution in [0.5, 0.6) is 0 Å². The Hall–Kier alpha value is -2.21. The van der Waals surface area contributed by atoms with Crippen molar-refractivity contribution < 1.29 is 14.7 Å². The average Bonchev–Trinajstić information content (AvgIpc) is 2.51. The number of carbonyl (C=O) groups is 1. The fraction of sp³-hybridized carbons (Fsp3) is 0.235. The normalized spacial score (nSPS) is 12.0. The number of carbonyl (C=O) groups excluding carboxylic acids is 1. The Morgan fingerprint density at radius 2 is 1.86 bits per heavy atom. The summed E-state index contributed by atoms with van der Waals surface area (Å²) in [4.78, 5) is 21.6. The first kappa shape index (κ1) is 16.2. The van der Waals surface area contributed by atoms with E-state index >= 15 is 0 Å². The third kappa shape index (κ3) is 4.14. The summed E-state index contributed by atoms with van der Waals surface area (Å²) in [6, 6.07) is 15.2. The van der Waals surface area contributed by atoms with Crippen LogP contribution in [-0.2, 0) is 16.3 Å². The highest BCUT2D eigenvalue weighted by Gasteiger charge is 2.17. The average molecular weight is 300 g/mol. The van der Waals surface area contributed by atoms with Crippen LogP contribution in [0, 0.1) is 13.8 Å². The second-order valence-electron chi connectivity index (χ2n) is 5.09. The Morgan fingerprint density at radius 1 is 1.14 bits per heavy atom. The van der Waals surface area contributed by atoms with Gasteiger partial charge in [0.15, 0.2) is 6.23 Å². The van der Waals surface area contributed by atoms with Gasteiger partial charge in [0, 0.05) is 12.0 Å². The van der Waals surface area contributed by atoms with Crippen molar-refractivity contribution in [3.8, 4) is 0 Å². The van der Waals surface area contributed by atoms with Crippen LogP contribution in [0.1, 0.15) is 27.0 Å². The van der Waals surface area contributed by atoms with Crippen LogP contribution in [0.25, 0.3) is 0 Å². The molecule has 116 valence electrons. The Kier molecular flexibility index (Phi) is 5.66. The molecule has 2 aromatic rings. The summed E-state index contributed by atoms with van der Waals surface area (Å²) in [6.45, 7) is 3.88. The zero-order chi connectivity index (χ0) is 15.9. The van der Waals surface area contributed by atoms with Crippen molar-refractivity contribution in [2.45, 2.75) is 26.5 Å². The Balaban J connectivity index is 2.10. The summed E-state index contributed by atoms with van der Waals surface area (Å²) in [5, 5.41) is 2.78. The maximum atomic E-state index is 12.4. The summed E-state index contributed by atoms with van der Waals surface area (Å²) in [7, 11) is 0. The Bertz CT molecular complexity index is 629. The summed E-state index contributed by atoms with van der Waals surface area (Å²) in [5.74, 6) is 4.75. The molecule has 0 fully saturated rings. The molecule has 0 spiro atoms. The summed E-state index contributed by atoms with van der Waals surface area (Å²) >= 11 is 0. The molecule has 5 heteroatoms. The number of aryl methyl sites for hydroxylation is 1. The van der Waals surface area contributed by atoms with E-state index in [1.807, 2.05) is 56.3 Å². The lowest BCUT2D eigenvalue weighted by Crippen LogP contribution is -2.39. The van der Waals surface area contributed by atoms with E-state index in [9.17, 15) is 4.79 Å². The maximum absolute atomic E-state index is 12.4. The molecule has 1 atom stereocenters. The van der Waals surface area contributed by atoms with Crippen molar-refractivity contribution in [2.75, 3.05) is 0 Å². The summed E-state index contributed by atoms with van der Waals surface area (Å²) in [6.07, 6.45) is -0.214. The van der Waals surface area contributed by atoms with E-state index < -0.39 is 6.23 Å². The lowest BCUT2D eigenvalue weighted by atomic mass is 10.0. The monoisotopic (exact) mass is 300 g/mol. The van der Waals surface area contributed by atoms with Gasteiger partial charge in [-0.05, 0) is 36.6 Å². The number of benzene rings is 2. The van der Waals surface area contributed by atoms with Gasteiger partial charge in [0.25, 0.3) is 5.91 Å². The van der Waals surface area contributed by atoms with Gasteiger partial charge in [0.1, 0.15) is 0 Å². The van der Waals surface area contributed by atoms with Gasteiger partial charge in [0.2, 0.25) is 0 Å². The lowest BCUT2D eigenvalue weighted by Gasteiger charge is -2.18. The van der Waals surface area contributed by atoms with Crippen molar-refractivity contribution in [3.05, 3.63) is 70.8 Å². The second-order valence-corrected chi connectivity index (χ2v) is 5.09. The van der Waals surface area contributed by atoms with Crippen molar-refractivity contribution in [3.63, 3.8) is 0 Å². The molecule has 1 amide bonds. The molecule has 1 unspecified atom stereocenters. The second kappa shape index (κ2) is 7.70. The fourth-order valence-corrected chi connectivity index (χ4v) is 2.23. The quantitative estimate of drug-likeness (QED) is 0.488. The third-order valence-electron chi connectivity index (χ3n) is 3.58. The summed E-state index contributed by atoms with van der Waals surface area (Å²) in [5.41, 5.74) is 3.61. The topological polar surface area (TPSA) is 73.6 Å². The van der Waals surface area contributed by atoms with Crippen molar-refractivity contribution in [1.29, 1.82) is 0 Å². The van der Waals surface area contributed by atoms with Gasteiger partial charge >= 0.3 is 0 Å². The Labute approximate surface area is 129 Å². The highest BCUT2D eigenvalue weighted by Crippen LogP contribution is 2.13. The molecule has 0 bridgehead atoms. The Morgan fingerprint density at radius 3 is 2.55 bits per heavy atom. The molecule has 0 saturated heterocycles. The lowest BCUT2D eigenvalue weighted by molar-refractivity contribution is -0.332. The van der Waals surface area contributed by atoms with Gasteiger partial charge < -0.3 is 5.32 Å². The highest BCUT2D eigenvalue weighted by atomic mass is 17.3. The number of nitrogens with two attached hydrogens (primary N) is 1. The number of hydrogen-bond donors (Lipinski definition) is 2. The molecule has 0 aliphatic rings. The van der Waals surface area contributed by atoms with E-state index in [1.165, 1.54) is 0 Å². The molecular weight excluding hydrogens is 280 g/mol. The molecule has 0 saturated carbocycles. The van der Waals surface area contributed by atoms with Gasteiger partial charge in [-0.2, -0.15) is 10.8 Å². The molecule has 22 heavy (non-hydrogen) atoms. The predicted molar refractivity (Wildman–Crippen MR) is 83.7 cm³/mol. The third-order valence-corrected chi connectivity index (χ3v) is 3.58. The van der Waals surface area contributed by atoms with Crippen LogP contribution in [0.3, 0.4) is 0 Å². The van der Waals surface area contributed by atoms with Crippen LogP contribution in [-0.4, -0.2) is 12.1 Å². The molecule has 0 aliphatic carbocycles. The predicted octanol–water partition coefficient (Wildman–Crippen LogP) is 2.42. The van der Waals surface area contributed by atoms with Crippen molar-refractivity contribution in [2.24, 2.45) is 5.90 Å². The first-order valence-electron chi connectivity index (χ1n) is 7.05. The van der Waals surface area contributed by atoms with Crippen LogP contribution in [0.4, 0.5) is 0 Å². The van der Waals surface area contributed by atoms with E-state index in [1.54, 1.807) is 6.07 Å².